The van der Waals surface area contributed by atoms with Crippen molar-refractivity contribution in [3.63, 3.8) is 0 Å². The Bertz CT molecular complexity index is 924. The molecule has 9 heteroatoms. The maximum Gasteiger partial charge on any atom is 0.341 e. The Balaban J connectivity index is 1.78. The lowest BCUT2D eigenvalue weighted by Crippen LogP contribution is -2.42. The standard InChI is InChI=1S/C21H24ClN3O4S/c1-2-29-21(28)17-16(13-6-4-3-5-7-13)18(22)30-20(17)24-15(26)12-25-10-8-14(9-11-25)19(23)27/h3-7,14H,2,8-12H2,1H3,(H2,23,27)(H,24,26). The van der Waals surface area contributed by atoms with Crippen LogP contribution in [0.25, 0.3) is 11.1 Å². The SMILES string of the molecule is CCOC(=O)c1c(NC(=O)CN2CCC(C(N)=O)CC2)sc(Cl)c1-c1ccccc1. The summed E-state index contributed by atoms with van der Waals surface area (Å²) in [4.78, 5) is 38.6. The zero-order valence-electron chi connectivity index (χ0n) is 16.7. The Hall–Kier alpha value is -2.42. The minimum absolute atomic E-state index is 0.135. The molecule has 2 aromatic rings. The van der Waals surface area contributed by atoms with Crippen LogP contribution in [0.15, 0.2) is 30.3 Å². The molecule has 1 saturated heterocycles. The molecule has 0 atom stereocenters. The number of piperidine rings is 1. The molecule has 3 N–H and O–H groups in total. The number of anilines is 1. The van der Waals surface area contributed by atoms with Crippen molar-refractivity contribution in [2.45, 2.75) is 19.8 Å². The zero-order chi connectivity index (χ0) is 21.7. The van der Waals surface area contributed by atoms with Crippen molar-refractivity contribution in [2.24, 2.45) is 11.7 Å². The number of carbonyl (C=O) groups is 3. The third-order valence-corrected chi connectivity index (χ3v) is 6.33. The van der Waals surface area contributed by atoms with Gasteiger partial charge >= 0.3 is 5.97 Å². The van der Waals surface area contributed by atoms with Gasteiger partial charge in [-0.2, -0.15) is 0 Å². The molecular weight excluding hydrogens is 426 g/mol. The summed E-state index contributed by atoms with van der Waals surface area (Å²) in [5.74, 6) is -1.21. The molecule has 1 fully saturated rings. The molecule has 1 aromatic heterocycles. The fourth-order valence-corrected chi connectivity index (χ4v) is 4.89. The third-order valence-electron chi connectivity index (χ3n) is 5.02. The molecule has 0 aliphatic carbocycles. The smallest absolute Gasteiger partial charge is 0.341 e. The Morgan fingerprint density at radius 2 is 1.90 bits per heavy atom. The number of ether oxygens (including phenoxy) is 1. The first-order chi connectivity index (χ1) is 14.4. The molecule has 1 aliphatic heterocycles. The van der Waals surface area contributed by atoms with E-state index in [0.717, 1.165) is 16.9 Å². The van der Waals surface area contributed by atoms with Crippen LogP contribution in [-0.2, 0) is 14.3 Å². The van der Waals surface area contributed by atoms with Gasteiger partial charge in [-0.1, -0.05) is 41.9 Å². The Morgan fingerprint density at radius 1 is 1.23 bits per heavy atom. The summed E-state index contributed by atoms with van der Waals surface area (Å²) < 4.78 is 5.62. The van der Waals surface area contributed by atoms with Gasteiger partial charge < -0.3 is 15.8 Å². The number of amides is 2. The summed E-state index contributed by atoms with van der Waals surface area (Å²) >= 11 is 7.59. The van der Waals surface area contributed by atoms with Crippen LogP contribution < -0.4 is 11.1 Å². The minimum atomic E-state index is -0.530. The van der Waals surface area contributed by atoms with Crippen LogP contribution >= 0.6 is 22.9 Å². The average Bonchev–Trinajstić information content (AvgIpc) is 3.04. The lowest BCUT2D eigenvalue weighted by molar-refractivity contribution is -0.123. The van der Waals surface area contributed by atoms with Crippen molar-refractivity contribution in [3.8, 4) is 11.1 Å². The van der Waals surface area contributed by atoms with Gasteiger partial charge in [0.2, 0.25) is 11.8 Å². The van der Waals surface area contributed by atoms with E-state index in [4.69, 9.17) is 22.1 Å². The molecule has 3 rings (SSSR count). The summed E-state index contributed by atoms with van der Waals surface area (Å²) in [5, 5.41) is 3.19. The molecule has 0 bridgehead atoms. The van der Waals surface area contributed by atoms with Gasteiger partial charge in [0, 0.05) is 11.5 Å². The van der Waals surface area contributed by atoms with Crippen LogP contribution in [0.1, 0.15) is 30.1 Å². The lowest BCUT2D eigenvalue weighted by Gasteiger charge is -2.29. The fraction of sp³-hybridized carbons (Fsp3) is 0.381. The highest BCUT2D eigenvalue weighted by Gasteiger charge is 2.28. The van der Waals surface area contributed by atoms with Crippen LogP contribution in [0.5, 0.6) is 0 Å². The number of esters is 1. The molecule has 7 nitrogen and oxygen atoms in total. The number of halogens is 1. The molecule has 2 heterocycles. The van der Waals surface area contributed by atoms with Crippen LogP contribution in [0.4, 0.5) is 5.00 Å². The van der Waals surface area contributed by atoms with E-state index in [1.54, 1.807) is 6.92 Å². The normalized spacial score (nSPS) is 15.0. The second-order valence-corrected chi connectivity index (χ2v) is 8.67. The minimum Gasteiger partial charge on any atom is -0.462 e. The third kappa shape index (κ3) is 5.19. The number of nitrogens with two attached hydrogens (primary N) is 1. The molecule has 0 spiro atoms. The number of primary amides is 1. The summed E-state index contributed by atoms with van der Waals surface area (Å²) in [6, 6.07) is 9.28. The summed E-state index contributed by atoms with van der Waals surface area (Å²) in [5.41, 5.74) is 6.95. The largest absolute Gasteiger partial charge is 0.462 e. The first kappa shape index (κ1) is 22.3. The van der Waals surface area contributed by atoms with Gasteiger partial charge in [0.25, 0.3) is 0 Å². The predicted octanol–water partition coefficient (Wildman–Crippen LogP) is 3.38. The lowest BCUT2D eigenvalue weighted by atomic mass is 9.96. The van der Waals surface area contributed by atoms with E-state index >= 15 is 0 Å². The number of rotatable bonds is 7. The highest BCUT2D eigenvalue weighted by Crippen LogP contribution is 2.43. The van der Waals surface area contributed by atoms with Crippen molar-refractivity contribution >= 4 is 45.7 Å². The first-order valence-corrected chi connectivity index (χ1v) is 11.0. The summed E-state index contributed by atoms with van der Waals surface area (Å²) in [6.07, 6.45) is 1.28. The number of hydrogen-bond donors (Lipinski definition) is 2. The van der Waals surface area contributed by atoms with Crippen LogP contribution in [0.3, 0.4) is 0 Å². The molecule has 30 heavy (non-hydrogen) atoms. The monoisotopic (exact) mass is 449 g/mol. The number of hydrogen-bond acceptors (Lipinski definition) is 6. The Labute approximate surface area is 184 Å². The van der Waals surface area contributed by atoms with Crippen molar-refractivity contribution in [1.82, 2.24) is 4.90 Å². The fourth-order valence-electron chi connectivity index (χ4n) is 3.50. The van der Waals surface area contributed by atoms with E-state index in [1.165, 1.54) is 0 Å². The van der Waals surface area contributed by atoms with Gasteiger partial charge in [-0.05, 0) is 38.4 Å². The van der Waals surface area contributed by atoms with Gasteiger partial charge in [-0.25, -0.2) is 4.79 Å². The van der Waals surface area contributed by atoms with E-state index in [0.29, 0.717) is 40.8 Å². The average molecular weight is 450 g/mol. The summed E-state index contributed by atoms with van der Waals surface area (Å²) in [7, 11) is 0. The number of nitrogens with zero attached hydrogens (tertiary/aromatic N) is 1. The molecule has 0 unspecified atom stereocenters. The van der Waals surface area contributed by atoms with Crippen molar-refractivity contribution in [1.29, 1.82) is 0 Å². The Kier molecular flexibility index (Phi) is 7.47. The maximum absolute atomic E-state index is 12.7. The van der Waals surface area contributed by atoms with Crippen molar-refractivity contribution < 1.29 is 19.1 Å². The topological polar surface area (TPSA) is 102 Å². The highest BCUT2D eigenvalue weighted by atomic mass is 35.5. The highest BCUT2D eigenvalue weighted by molar-refractivity contribution is 7.21. The van der Waals surface area contributed by atoms with E-state index in [-0.39, 0.29) is 36.4 Å². The van der Waals surface area contributed by atoms with E-state index < -0.39 is 5.97 Å². The second kappa shape index (κ2) is 10.1. The molecule has 160 valence electrons. The molecule has 0 saturated carbocycles. The molecular formula is C21H24ClN3O4S. The van der Waals surface area contributed by atoms with Gasteiger partial charge in [0.1, 0.15) is 14.9 Å². The van der Waals surface area contributed by atoms with Gasteiger partial charge in [-0.15, -0.1) is 11.3 Å². The quantitative estimate of drug-likeness (QED) is 0.631. The number of benzene rings is 1. The van der Waals surface area contributed by atoms with E-state index in [9.17, 15) is 14.4 Å². The number of carbonyl (C=O) groups excluding carboxylic acids is 3. The van der Waals surface area contributed by atoms with Gasteiger partial charge in [0.15, 0.2) is 0 Å². The number of likely N-dealkylation sites (tertiary alicyclic amines) is 1. The molecule has 0 radical (unpaired) electrons. The number of thiophene rings is 1. The maximum atomic E-state index is 12.7. The zero-order valence-corrected chi connectivity index (χ0v) is 18.2. The van der Waals surface area contributed by atoms with Crippen LogP contribution in [-0.4, -0.2) is 48.9 Å². The molecule has 1 aliphatic rings. The first-order valence-electron chi connectivity index (χ1n) is 9.77. The Morgan fingerprint density at radius 3 is 2.50 bits per heavy atom. The van der Waals surface area contributed by atoms with Crippen molar-refractivity contribution in [3.05, 3.63) is 40.2 Å². The van der Waals surface area contributed by atoms with Crippen LogP contribution in [0.2, 0.25) is 4.34 Å². The molecule has 1 aromatic carbocycles. The van der Waals surface area contributed by atoms with Crippen molar-refractivity contribution in [2.75, 3.05) is 31.6 Å². The van der Waals surface area contributed by atoms with E-state index in [1.807, 2.05) is 35.2 Å². The molecule has 2 amide bonds. The number of nitrogens with one attached hydrogen (secondary N) is 1. The van der Waals surface area contributed by atoms with Gasteiger partial charge in [-0.3, -0.25) is 14.5 Å². The van der Waals surface area contributed by atoms with E-state index in [2.05, 4.69) is 5.32 Å². The van der Waals surface area contributed by atoms with Gasteiger partial charge in [0.05, 0.1) is 13.2 Å². The summed E-state index contributed by atoms with van der Waals surface area (Å²) in [6.45, 7) is 3.33. The predicted molar refractivity (Wildman–Crippen MR) is 118 cm³/mol. The van der Waals surface area contributed by atoms with Crippen LogP contribution in [0, 0.1) is 5.92 Å². The second-order valence-electron chi connectivity index (χ2n) is 7.04.